The van der Waals surface area contributed by atoms with E-state index in [1.165, 1.54) is 12.0 Å². The van der Waals surface area contributed by atoms with Crippen molar-refractivity contribution in [2.24, 2.45) is 0 Å². The van der Waals surface area contributed by atoms with Gasteiger partial charge in [0.15, 0.2) is 0 Å². The maximum Gasteiger partial charge on any atom is 0.408 e. The highest BCUT2D eigenvalue weighted by Gasteiger charge is 2.26. The summed E-state index contributed by atoms with van der Waals surface area (Å²) < 4.78 is 9.88. The Morgan fingerprint density at radius 2 is 1.82 bits per heavy atom. The summed E-state index contributed by atoms with van der Waals surface area (Å²) in [6, 6.07) is 0. The van der Waals surface area contributed by atoms with Crippen LogP contribution in [0.4, 0.5) is 4.79 Å². The van der Waals surface area contributed by atoms with Crippen LogP contribution in [0.1, 0.15) is 20.8 Å². The Morgan fingerprint density at radius 3 is 2.18 bits per heavy atom. The summed E-state index contributed by atoms with van der Waals surface area (Å²) in [6.45, 7) is 5.52. The summed E-state index contributed by atoms with van der Waals surface area (Å²) in [5, 5.41) is 2.61. The van der Waals surface area contributed by atoms with Gasteiger partial charge in [0.1, 0.15) is 0 Å². The zero-order valence-corrected chi connectivity index (χ0v) is 11.4. The van der Waals surface area contributed by atoms with Crippen LogP contribution >= 0.6 is 0 Å². The van der Waals surface area contributed by atoms with E-state index in [4.69, 9.17) is 9.47 Å². The summed E-state index contributed by atoms with van der Waals surface area (Å²) in [5.74, 6) is -0.309. The number of carbonyl (C=O) groups excluding carboxylic acids is 2. The van der Waals surface area contributed by atoms with E-state index in [-0.39, 0.29) is 12.5 Å². The van der Waals surface area contributed by atoms with Gasteiger partial charge in [0.2, 0.25) is 6.10 Å². The SMILES string of the molecule is COCC(OC(=O)NC(C)(C)C)C(=O)N(C)C. The molecule has 0 aromatic carbocycles. The Bertz CT molecular complexity index is 271. The zero-order chi connectivity index (χ0) is 13.6. The molecule has 0 radical (unpaired) electrons. The second-order valence-corrected chi connectivity index (χ2v) is 4.96. The van der Waals surface area contributed by atoms with Crippen LogP contribution in [0, 0.1) is 0 Å². The molecule has 0 saturated carbocycles. The van der Waals surface area contributed by atoms with Gasteiger partial charge in [0.25, 0.3) is 5.91 Å². The number of hydrogen-bond acceptors (Lipinski definition) is 4. The Morgan fingerprint density at radius 1 is 1.29 bits per heavy atom. The van der Waals surface area contributed by atoms with Crippen LogP contribution in [0.5, 0.6) is 0 Å². The Labute approximate surface area is 102 Å². The van der Waals surface area contributed by atoms with Crippen LogP contribution in [-0.4, -0.2) is 56.4 Å². The van der Waals surface area contributed by atoms with Gasteiger partial charge < -0.3 is 19.7 Å². The third kappa shape index (κ3) is 6.78. The van der Waals surface area contributed by atoms with E-state index in [9.17, 15) is 9.59 Å². The van der Waals surface area contributed by atoms with Crippen molar-refractivity contribution >= 4 is 12.0 Å². The van der Waals surface area contributed by atoms with Crippen molar-refractivity contribution in [1.82, 2.24) is 10.2 Å². The van der Waals surface area contributed by atoms with E-state index in [1.54, 1.807) is 14.1 Å². The van der Waals surface area contributed by atoms with E-state index in [0.29, 0.717) is 0 Å². The van der Waals surface area contributed by atoms with E-state index >= 15 is 0 Å². The monoisotopic (exact) mass is 246 g/mol. The molecule has 0 rings (SSSR count). The first-order valence-corrected chi connectivity index (χ1v) is 5.36. The summed E-state index contributed by atoms with van der Waals surface area (Å²) in [5.41, 5.74) is -0.407. The lowest BCUT2D eigenvalue weighted by molar-refractivity contribution is -0.140. The summed E-state index contributed by atoms with van der Waals surface area (Å²) in [6.07, 6.45) is -1.55. The van der Waals surface area contributed by atoms with Crippen molar-refractivity contribution in [3.05, 3.63) is 0 Å². The lowest BCUT2D eigenvalue weighted by atomic mass is 10.1. The molecule has 0 aliphatic heterocycles. The van der Waals surface area contributed by atoms with Gasteiger partial charge in [0, 0.05) is 26.7 Å². The van der Waals surface area contributed by atoms with Gasteiger partial charge in [-0.3, -0.25) is 4.79 Å². The van der Waals surface area contributed by atoms with Crippen molar-refractivity contribution in [1.29, 1.82) is 0 Å². The topological polar surface area (TPSA) is 67.9 Å². The number of nitrogens with one attached hydrogen (secondary N) is 1. The molecule has 0 spiro atoms. The lowest BCUT2D eigenvalue weighted by Gasteiger charge is -2.24. The first-order valence-electron chi connectivity index (χ1n) is 5.36. The number of likely N-dealkylation sites (N-methyl/N-ethyl adjacent to an activating group) is 1. The van der Waals surface area contributed by atoms with Gasteiger partial charge in [-0.05, 0) is 20.8 Å². The molecule has 1 atom stereocenters. The summed E-state index contributed by atoms with van der Waals surface area (Å²) in [4.78, 5) is 24.5. The number of alkyl carbamates (subject to hydrolysis) is 1. The molecule has 0 heterocycles. The van der Waals surface area contributed by atoms with Gasteiger partial charge in [0.05, 0.1) is 6.61 Å². The third-order valence-corrected chi connectivity index (χ3v) is 1.76. The highest BCUT2D eigenvalue weighted by Crippen LogP contribution is 2.03. The fraction of sp³-hybridized carbons (Fsp3) is 0.818. The number of hydrogen-bond donors (Lipinski definition) is 1. The predicted molar refractivity (Wildman–Crippen MR) is 63.7 cm³/mol. The Balaban J connectivity index is 4.45. The minimum absolute atomic E-state index is 0.0363. The average Bonchev–Trinajstić information content (AvgIpc) is 2.12. The zero-order valence-electron chi connectivity index (χ0n) is 11.4. The van der Waals surface area contributed by atoms with Crippen LogP contribution in [0.15, 0.2) is 0 Å². The van der Waals surface area contributed by atoms with Gasteiger partial charge in [-0.1, -0.05) is 0 Å². The van der Waals surface area contributed by atoms with Crippen molar-refractivity contribution in [3.63, 3.8) is 0 Å². The second kappa shape index (κ2) is 6.44. The molecule has 6 nitrogen and oxygen atoms in total. The smallest absolute Gasteiger partial charge is 0.408 e. The highest BCUT2D eigenvalue weighted by molar-refractivity contribution is 5.83. The molecule has 6 heteroatoms. The van der Waals surface area contributed by atoms with Crippen molar-refractivity contribution < 1.29 is 19.1 Å². The van der Waals surface area contributed by atoms with E-state index in [0.717, 1.165) is 0 Å². The van der Waals surface area contributed by atoms with Crippen molar-refractivity contribution in [2.75, 3.05) is 27.8 Å². The number of rotatable bonds is 4. The number of nitrogens with zero attached hydrogens (tertiary/aromatic N) is 1. The standard InChI is InChI=1S/C11H22N2O4/c1-11(2,3)12-10(15)17-8(7-16-6)9(14)13(4)5/h8H,7H2,1-6H3,(H,12,15). The molecule has 100 valence electrons. The molecular formula is C11H22N2O4. The lowest BCUT2D eigenvalue weighted by Crippen LogP contribution is -2.46. The predicted octanol–water partition coefficient (Wildman–Crippen LogP) is 0.614. The van der Waals surface area contributed by atoms with Crippen molar-refractivity contribution in [3.8, 4) is 0 Å². The minimum atomic E-state index is -0.919. The molecule has 1 N–H and O–H groups in total. The second-order valence-electron chi connectivity index (χ2n) is 4.96. The molecule has 0 aliphatic carbocycles. The van der Waals surface area contributed by atoms with E-state index in [2.05, 4.69) is 5.32 Å². The normalized spacial score (nSPS) is 12.8. The maximum absolute atomic E-state index is 11.7. The first kappa shape index (κ1) is 15.7. The number of ether oxygens (including phenoxy) is 2. The summed E-state index contributed by atoms with van der Waals surface area (Å²) >= 11 is 0. The van der Waals surface area contributed by atoms with Gasteiger partial charge >= 0.3 is 6.09 Å². The van der Waals surface area contributed by atoms with Crippen LogP contribution in [-0.2, 0) is 14.3 Å². The van der Waals surface area contributed by atoms with E-state index < -0.39 is 17.7 Å². The number of carbonyl (C=O) groups is 2. The van der Waals surface area contributed by atoms with Crippen LogP contribution in [0.3, 0.4) is 0 Å². The summed E-state index contributed by atoms with van der Waals surface area (Å²) in [7, 11) is 4.63. The molecule has 0 aliphatic rings. The van der Waals surface area contributed by atoms with Crippen LogP contribution < -0.4 is 5.32 Å². The molecule has 0 aromatic heterocycles. The molecule has 2 amide bonds. The molecule has 0 bridgehead atoms. The van der Waals surface area contributed by atoms with E-state index in [1.807, 2.05) is 20.8 Å². The number of methoxy groups -OCH3 is 1. The molecular weight excluding hydrogens is 224 g/mol. The fourth-order valence-electron chi connectivity index (χ4n) is 1.06. The molecule has 0 aromatic rings. The maximum atomic E-state index is 11.7. The first-order chi connectivity index (χ1) is 7.67. The minimum Gasteiger partial charge on any atom is -0.434 e. The van der Waals surface area contributed by atoms with Crippen molar-refractivity contribution in [2.45, 2.75) is 32.4 Å². The quantitative estimate of drug-likeness (QED) is 0.789. The Kier molecular flexibility index (Phi) is 5.95. The highest BCUT2D eigenvalue weighted by atomic mass is 16.6. The third-order valence-electron chi connectivity index (χ3n) is 1.76. The largest absolute Gasteiger partial charge is 0.434 e. The number of amides is 2. The molecule has 0 saturated heterocycles. The van der Waals surface area contributed by atoms with Crippen LogP contribution in [0.25, 0.3) is 0 Å². The molecule has 1 unspecified atom stereocenters. The molecule has 0 fully saturated rings. The van der Waals surface area contributed by atoms with Gasteiger partial charge in [-0.15, -0.1) is 0 Å². The Hall–Kier alpha value is -1.30. The van der Waals surface area contributed by atoms with Crippen LogP contribution in [0.2, 0.25) is 0 Å². The molecule has 17 heavy (non-hydrogen) atoms. The average molecular weight is 246 g/mol. The van der Waals surface area contributed by atoms with Gasteiger partial charge in [-0.2, -0.15) is 0 Å². The fourth-order valence-corrected chi connectivity index (χ4v) is 1.06. The van der Waals surface area contributed by atoms with Gasteiger partial charge in [-0.25, -0.2) is 4.79 Å².